The molecule has 2 aliphatic rings. The number of nitrogens with zero attached hydrogens (tertiary/aromatic N) is 2. The van der Waals surface area contributed by atoms with Gasteiger partial charge in [-0.1, -0.05) is 23.7 Å². The first-order valence-electron chi connectivity index (χ1n) is 7.76. The summed E-state index contributed by atoms with van der Waals surface area (Å²) in [5, 5.41) is 5.07. The van der Waals surface area contributed by atoms with E-state index < -0.39 is 0 Å². The Labute approximate surface area is 148 Å². The molecule has 0 saturated heterocycles. The Kier molecular flexibility index (Phi) is 3.77. The van der Waals surface area contributed by atoms with Crippen molar-refractivity contribution in [2.75, 3.05) is 0 Å². The third kappa shape index (κ3) is 2.40. The van der Waals surface area contributed by atoms with Gasteiger partial charge < -0.3 is 0 Å². The fourth-order valence-corrected chi connectivity index (χ4v) is 4.39. The predicted octanol–water partition coefficient (Wildman–Crippen LogP) is 4.59. The minimum Gasteiger partial charge on any atom is -0.267 e. The van der Waals surface area contributed by atoms with Crippen LogP contribution in [0, 0.1) is 3.70 Å². The number of rotatable bonds is 2. The van der Waals surface area contributed by atoms with Gasteiger partial charge in [0.25, 0.3) is 5.91 Å². The molecule has 1 saturated carbocycles. The molecule has 1 aromatic heterocycles. The second kappa shape index (κ2) is 5.64. The summed E-state index contributed by atoms with van der Waals surface area (Å²) in [6.45, 7) is 0. The van der Waals surface area contributed by atoms with Gasteiger partial charge in [0.1, 0.15) is 3.70 Å². The van der Waals surface area contributed by atoms with Crippen molar-refractivity contribution < 1.29 is 4.79 Å². The van der Waals surface area contributed by atoms with E-state index in [-0.39, 0.29) is 5.91 Å². The summed E-state index contributed by atoms with van der Waals surface area (Å²) >= 11 is 8.61. The largest absolute Gasteiger partial charge is 0.280 e. The summed E-state index contributed by atoms with van der Waals surface area (Å²) in [4.78, 5) is 13.1. The zero-order valence-corrected chi connectivity index (χ0v) is 15.0. The van der Waals surface area contributed by atoms with Gasteiger partial charge in [-0.05, 0) is 78.7 Å². The van der Waals surface area contributed by atoms with Gasteiger partial charge in [0, 0.05) is 5.56 Å². The van der Waals surface area contributed by atoms with Crippen molar-refractivity contribution in [1.82, 2.24) is 9.78 Å². The molecule has 0 bridgehead atoms. The molecule has 1 fully saturated rings. The summed E-state index contributed by atoms with van der Waals surface area (Å²) in [5.41, 5.74) is 4.08. The maximum Gasteiger partial charge on any atom is 0.280 e. The van der Waals surface area contributed by atoms with Crippen LogP contribution < -0.4 is 0 Å². The van der Waals surface area contributed by atoms with Crippen LogP contribution in [0.1, 0.15) is 58.8 Å². The van der Waals surface area contributed by atoms with E-state index >= 15 is 0 Å². The third-order valence-corrected chi connectivity index (χ3v) is 5.78. The SMILES string of the molecule is O=C(c1c(Cl)cccc1C1CC1)n1nc(I)c2c1CCCC2. The van der Waals surface area contributed by atoms with Crippen LogP contribution in [0.25, 0.3) is 0 Å². The third-order valence-electron chi connectivity index (χ3n) is 4.60. The Morgan fingerprint density at radius 3 is 2.82 bits per heavy atom. The zero-order chi connectivity index (χ0) is 15.3. The van der Waals surface area contributed by atoms with Crippen LogP contribution >= 0.6 is 34.2 Å². The minimum absolute atomic E-state index is 0.0615. The number of benzene rings is 1. The fraction of sp³-hybridized carbons (Fsp3) is 0.412. The molecule has 1 heterocycles. The summed E-state index contributed by atoms with van der Waals surface area (Å²) < 4.78 is 2.57. The molecule has 4 rings (SSSR count). The quantitative estimate of drug-likeness (QED) is 0.659. The van der Waals surface area contributed by atoms with Crippen LogP contribution in [0.5, 0.6) is 0 Å². The second-order valence-electron chi connectivity index (χ2n) is 6.12. The molecule has 0 atom stereocenters. The van der Waals surface area contributed by atoms with E-state index in [9.17, 15) is 4.79 Å². The van der Waals surface area contributed by atoms with Gasteiger partial charge in [-0.15, -0.1) is 0 Å². The summed E-state index contributed by atoms with van der Waals surface area (Å²) in [6, 6.07) is 5.79. The highest BCUT2D eigenvalue weighted by atomic mass is 127. The van der Waals surface area contributed by atoms with Gasteiger partial charge in [-0.3, -0.25) is 4.79 Å². The fourth-order valence-electron chi connectivity index (χ4n) is 3.33. The average molecular weight is 427 g/mol. The monoisotopic (exact) mass is 426 g/mol. The minimum atomic E-state index is -0.0615. The van der Waals surface area contributed by atoms with Crippen molar-refractivity contribution in [3.05, 3.63) is 49.3 Å². The summed E-state index contributed by atoms with van der Waals surface area (Å²) in [5.74, 6) is 0.427. The number of fused-ring (bicyclic) bond motifs is 1. The van der Waals surface area contributed by atoms with Gasteiger partial charge in [-0.2, -0.15) is 9.78 Å². The first kappa shape index (κ1) is 14.7. The molecule has 0 radical (unpaired) electrons. The number of halogens is 2. The van der Waals surface area contributed by atoms with Crippen LogP contribution in [-0.4, -0.2) is 15.7 Å². The number of carbonyl (C=O) groups is 1. The Balaban J connectivity index is 1.83. The smallest absolute Gasteiger partial charge is 0.267 e. The second-order valence-corrected chi connectivity index (χ2v) is 7.55. The van der Waals surface area contributed by atoms with E-state index in [0.717, 1.165) is 47.1 Å². The van der Waals surface area contributed by atoms with Crippen molar-refractivity contribution in [3.63, 3.8) is 0 Å². The molecule has 3 nitrogen and oxygen atoms in total. The first-order valence-corrected chi connectivity index (χ1v) is 9.22. The molecule has 1 aromatic carbocycles. The van der Waals surface area contributed by atoms with Crippen LogP contribution in [0.2, 0.25) is 5.02 Å². The topological polar surface area (TPSA) is 34.9 Å². The molecule has 0 amide bonds. The van der Waals surface area contributed by atoms with E-state index in [1.807, 2.05) is 18.2 Å². The van der Waals surface area contributed by atoms with Crippen molar-refractivity contribution in [1.29, 1.82) is 0 Å². The van der Waals surface area contributed by atoms with Gasteiger partial charge in [0.2, 0.25) is 0 Å². The highest BCUT2D eigenvalue weighted by molar-refractivity contribution is 14.1. The van der Waals surface area contributed by atoms with Crippen molar-refractivity contribution in [2.45, 2.75) is 44.4 Å². The highest BCUT2D eigenvalue weighted by Gasteiger charge is 2.31. The maximum atomic E-state index is 13.1. The zero-order valence-electron chi connectivity index (χ0n) is 12.1. The Bertz CT molecular complexity index is 764. The number of hydrogen-bond acceptors (Lipinski definition) is 2. The summed E-state index contributed by atoms with van der Waals surface area (Å²) in [7, 11) is 0. The van der Waals surface area contributed by atoms with Gasteiger partial charge >= 0.3 is 0 Å². The van der Waals surface area contributed by atoms with E-state index in [2.05, 4.69) is 27.7 Å². The Morgan fingerprint density at radius 1 is 1.27 bits per heavy atom. The predicted molar refractivity (Wildman–Crippen MR) is 94.7 cm³/mol. The summed E-state index contributed by atoms with van der Waals surface area (Å²) in [6.07, 6.45) is 6.56. The molecule has 22 heavy (non-hydrogen) atoms. The van der Waals surface area contributed by atoms with Crippen LogP contribution in [0.4, 0.5) is 0 Å². The van der Waals surface area contributed by atoms with E-state index in [4.69, 9.17) is 11.6 Å². The molecular weight excluding hydrogens is 411 g/mol. The lowest BCUT2D eigenvalue weighted by molar-refractivity contribution is 0.0940. The number of carbonyl (C=O) groups excluding carboxylic acids is 1. The lowest BCUT2D eigenvalue weighted by atomic mass is 9.97. The molecule has 0 N–H and O–H groups in total. The standard InChI is InChI=1S/C17H16ClIN2O/c18-13-6-3-5-11(10-8-9-10)15(13)17(22)21-14-7-2-1-4-12(14)16(19)20-21/h3,5-6,10H,1-2,4,7-9H2. The molecule has 2 aliphatic carbocycles. The molecule has 2 aromatic rings. The molecule has 0 spiro atoms. The average Bonchev–Trinajstić information content (AvgIpc) is 3.31. The molecule has 5 heteroatoms. The molecule has 0 unspecified atom stereocenters. The van der Waals surface area contributed by atoms with E-state index in [1.165, 1.54) is 12.0 Å². The van der Waals surface area contributed by atoms with Crippen LogP contribution in [0.15, 0.2) is 18.2 Å². The van der Waals surface area contributed by atoms with Gasteiger partial charge in [-0.25, -0.2) is 0 Å². The molecule has 0 aliphatic heterocycles. The molecular formula is C17H16ClIN2O. The van der Waals surface area contributed by atoms with E-state index in [0.29, 0.717) is 16.5 Å². The van der Waals surface area contributed by atoms with Crippen LogP contribution in [0.3, 0.4) is 0 Å². The number of hydrogen-bond donors (Lipinski definition) is 0. The van der Waals surface area contributed by atoms with Crippen molar-refractivity contribution in [2.24, 2.45) is 0 Å². The number of aromatic nitrogens is 2. The Morgan fingerprint density at radius 2 is 2.05 bits per heavy atom. The van der Waals surface area contributed by atoms with Crippen molar-refractivity contribution >= 4 is 40.1 Å². The van der Waals surface area contributed by atoms with Crippen LogP contribution in [-0.2, 0) is 12.8 Å². The lowest BCUT2D eigenvalue weighted by Crippen LogP contribution is -2.20. The first-order chi connectivity index (χ1) is 10.7. The maximum absolute atomic E-state index is 13.1. The highest BCUT2D eigenvalue weighted by Crippen LogP contribution is 2.43. The normalized spacial score (nSPS) is 17.4. The Hall–Kier alpha value is -0.880. The van der Waals surface area contributed by atoms with E-state index in [1.54, 1.807) is 4.68 Å². The van der Waals surface area contributed by atoms with Gasteiger partial charge in [0.05, 0.1) is 16.3 Å². The molecule has 114 valence electrons. The van der Waals surface area contributed by atoms with Gasteiger partial charge in [0.15, 0.2) is 0 Å². The van der Waals surface area contributed by atoms with Crippen molar-refractivity contribution in [3.8, 4) is 0 Å². The lowest BCUT2D eigenvalue weighted by Gasteiger charge is -2.15.